The lowest BCUT2D eigenvalue weighted by molar-refractivity contribution is -0.154. The number of ether oxygens (including phenoxy) is 6. The Morgan fingerprint density at radius 3 is 2.53 bits per heavy atom. The van der Waals surface area contributed by atoms with Crippen LogP contribution in [0.4, 0.5) is 0 Å². The number of nitrogens with one attached hydrogen (secondary N) is 1. The topological polar surface area (TPSA) is 145 Å². The zero-order valence-corrected chi connectivity index (χ0v) is 35.5. The number of aromatic hydroxyl groups is 1. The minimum Gasteiger partial charge on any atom is -0.504 e. The Bertz CT molecular complexity index is 2040. The number of aliphatic hydroxyl groups excluding tert-OH is 1. The number of carbonyl (C=O) groups excluding carboxylic acids is 2. The van der Waals surface area contributed by atoms with Crippen molar-refractivity contribution < 1.29 is 48.2 Å². The van der Waals surface area contributed by atoms with Gasteiger partial charge in [0, 0.05) is 59.9 Å². The van der Waals surface area contributed by atoms with E-state index in [0.717, 1.165) is 96.1 Å². The van der Waals surface area contributed by atoms with Crippen LogP contribution >= 0.6 is 11.8 Å². The fraction of sp³-hybridized carbons (Fsp3) is 0.556. The Morgan fingerprint density at radius 2 is 1.78 bits per heavy atom. The second-order valence-corrected chi connectivity index (χ2v) is 17.0. The number of aryl methyl sites for hydroxylation is 3. The molecule has 4 heterocycles. The maximum atomic E-state index is 14.9. The molecule has 0 amide bonds. The number of thioether (sulfide) groups is 1. The van der Waals surface area contributed by atoms with Crippen LogP contribution in [0, 0.1) is 20.8 Å². The molecule has 4 aliphatic rings. The molecule has 3 aromatic carbocycles. The van der Waals surface area contributed by atoms with Gasteiger partial charge in [0.15, 0.2) is 28.5 Å². The first kappa shape index (κ1) is 42.0. The van der Waals surface area contributed by atoms with Gasteiger partial charge in [-0.1, -0.05) is 25.0 Å². The molecule has 13 heteroatoms. The van der Waals surface area contributed by atoms with Crippen LogP contribution in [-0.4, -0.2) is 91.9 Å². The van der Waals surface area contributed by atoms with E-state index in [2.05, 4.69) is 22.3 Å². The first-order chi connectivity index (χ1) is 28.0. The van der Waals surface area contributed by atoms with Crippen LogP contribution in [0.15, 0.2) is 18.2 Å². The predicted octanol–water partition coefficient (Wildman–Crippen LogP) is 6.32. The third kappa shape index (κ3) is 7.94. The average molecular weight is 819 g/mol. The second kappa shape index (κ2) is 18.0. The van der Waals surface area contributed by atoms with Gasteiger partial charge in [0.25, 0.3) is 0 Å². The van der Waals surface area contributed by atoms with E-state index in [1.54, 1.807) is 26.0 Å². The zero-order chi connectivity index (χ0) is 41.1. The Kier molecular flexibility index (Phi) is 13.0. The van der Waals surface area contributed by atoms with Gasteiger partial charge in [0.2, 0.25) is 6.79 Å². The number of rotatable bonds is 10. The van der Waals surface area contributed by atoms with E-state index in [4.69, 9.17) is 28.4 Å². The van der Waals surface area contributed by atoms with Crippen LogP contribution in [0.2, 0.25) is 0 Å². The highest BCUT2D eigenvalue weighted by molar-refractivity contribution is 7.99. The van der Waals surface area contributed by atoms with Crippen molar-refractivity contribution in [1.82, 2.24) is 10.2 Å². The van der Waals surface area contributed by atoms with Crippen LogP contribution in [0.1, 0.15) is 95.1 Å². The number of fused-ring (bicyclic) bond motifs is 5. The quantitative estimate of drug-likeness (QED) is 0.119. The fourth-order valence-electron chi connectivity index (χ4n) is 9.58. The normalized spacial score (nSPS) is 21.9. The average Bonchev–Trinajstić information content (AvgIpc) is 3.69. The maximum Gasteiger partial charge on any atom is 0.331 e. The summed E-state index contributed by atoms with van der Waals surface area (Å²) in [6, 6.07) is 5.74. The Balaban J connectivity index is 1.33. The molecular formula is C45H58N2O10S. The molecule has 3 atom stereocenters. The van der Waals surface area contributed by atoms with Crippen LogP contribution in [0.25, 0.3) is 0 Å². The fourth-order valence-corrected chi connectivity index (χ4v) is 11.0. The number of cyclic esters (lactones) is 1. The number of carbonyl (C=O) groups is 2. The van der Waals surface area contributed by atoms with E-state index in [0.29, 0.717) is 65.1 Å². The predicted molar refractivity (Wildman–Crippen MR) is 222 cm³/mol. The summed E-state index contributed by atoms with van der Waals surface area (Å²) in [7, 11) is 3.26. The number of benzene rings is 3. The van der Waals surface area contributed by atoms with Crippen molar-refractivity contribution >= 4 is 23.7 Å². The summed E-state index contributed by atoms with van der Waals surface area (Å²) < 4.78 is 36.4. The van der Waals surface area contributed by atoms with Gasteiger partial charge in [0.1, 0.15) is 18.1 Å². The summed E-state index contributed by atoms with van der Waals surface area (Å²) in [5.41, 5.74) is 6.95. The molecule has 2 unspecified atom stereocenters. The Hall–Kier alpha value is -4.17. The zero-order valence-electron chi connectivity index (χ0n) is 34.7. The van der Waals surface area contributed by atoms with E-state index in [-0.39, 0.29) is 37.8 Å². The van der Waals surface area contributed by atoms with Crippen molar-refractivity contribution in [3.63, 3.8) is 0 Å². The molecule has 0 aliphatic carbocycles. The van der Waals surface area contributed by atoms with Crippen LogP contribution in [-0.2, 0) is 45.5 Å². The monoisotopic (exact) mass is 818 g/mol. The molecule has 58 heavy (non-hydrogen) atoms. The Morgan fingerprint density at radius 1 is 0.983 bits per heavy atom. The molecule has 1 spiro atoms. The van der Waals surface area contributed by atoms with Crippen molar-refractivity contribution in [2.45, 2.75) is 103 Å². The van der Waals surface area contributed by atoms with Gasteiger partial charge < -0.3 is 38.6 Å². The molecule has 0 bridgehead atoms. The standard InChI is InChI=1S/C45H58N2O10S/c1-26-18-30-13-11-16-47-33(20-34(30)39(50)40(26)53-6)23-58-24-45(35-21-37(52-5)32(12-9-7-8-10-17-48)19-31(35)14-15-46-45)44(51)54-22-36(47)38-27(2)41(57-29(4)49)28(3)42-43(38)56-25-55-42/h18-19,21,33,36,46,48,50H,7-17,20,22-25H2,1-6H3/t33?,36?,45-/m1/s1. The van der Waals surface area contributed by atoms with Crippen molar-refractivity contribution in [3.05, 3.63) is 68.3 Å². The maximum absolute atomic E-state index is 14.9. The number of phenolic OH excluding ortho intramolecular Hbond substituents is 1. The molecule has 1 fully saturated rings. The largest absolute Gasteiger partial charge is 0.504 e. The van der Waals surface area contributed by atoms with Crippen LogP contribution in [0.5, 0.6) is 34.5 Å². The van der Waals surface area contributed by atoms with Crippen molar-refractivity contribution in [2.75, 3.05) is 58.8 Å². The van der Waals surface area contributed by atoms with Gasteiger partial charge in [-0.25, -0.2) is 4.79 Å². The van der Waals surface area contributed by atoms with Gasteiger partial charge in [-0.2, -0.15) is 11.8 Å². The lowest BCUT2D eigenvalue weighted by Crippen LogP contribution is -2.57. The number of hydrogen-bond acceptors (Lipinski definition) is 13. The number of aliphatic hydroxyl groups is 1. The first-order valence-corrected chi connectivity index (χ1v) is 21.7. The molecule has 0 aromatic heterocycles. The molecule has 314 valence electrons. The van der Waals surface area contributed by atoms with Crippen molar-refractivity contribution in [3.8, 4) is 34.5 Å². The third-order valence-corrected chi connectivity index (χ3v) is 13.6. The highest BCUT2D eigenvalue weighted by atomic mass is 32.2. The Labute approximate surface area is 345 Å². The number of esters is 2. The molecule has 3 N–H and O–H groups in total. The van der Waals surface area contributed by atoms with E-state index in [1.807, 2.05) is 26.8 Å². The number of phenols is 1. The lowest BCUT2D eigenvalue weighted by Gasteiger charge is -2.44. The van der Waals surface area contributed by atoms with E-state index < -0.39 is 17.6 Å². The molecule has 3 aromatic rings. The lowest BCUT2D eigenvalue weighted by atomic mass is 9.81. The summed E-state index contributed by atoms with van der Waals surface area (Å²) in [6.45, 7) is 8.61. The minimum absolute atomic E-state index is 0.00288. The third-order valence-electron chi connectivity index (χ3n) is 12.4. The van der Waals surface area contributed by atoms with Crippen LogP contribution in [0.3, 0.4) is 0 Å². The molecule has 0 saturated carbocycles. The molecule has 0 radical (unpaired) electrons. The number of hydrogen-bond donors (Lipinski definition) is 3. The van der Waals surface area contributed by atoms with Crippen molar-refractivity contribution in [2.24, 2.45) is 0 Å². The van der Waals surface area contributed by atoms with Gasteiger partial charge in [-0.15, -0.1) is 0 Å². The van der Waals surface area contributed by atoms with E-state index in [9.17, 15) is 19.8 Å². The summed E-state index contributed by atoms with van der Waals surface area (Å²) in [6.07, 6.45) is 7.46. The molecule has 12 nitrogen and oxygen atoms in total. The summed E-state index contributed by atoms with van der Waals surface area (Å²) in [5.74, 6) is 3.13. The summed E-state index contributed by atoms with van der Waals surface area (Å²) >= 11 is 1.70. The number of methoxy groups -OCH3 is 2. The van der Waals surface area contributed by atoms with Gasteiger partial charge in [-0.05, 0) is 106 Å². The first-order valence-electron chi connectivity index (χ1n) is 20.6. The van der Waals surface area contributed by atoms with E-state index in [1.165, 1.54) is 6.92 Å². The SMILES string of the molecule is COc1cc2c(cc1CCCCCCO)CCN[C@]21CSCC2Cc3c(cc(C)c(OC)c3O)CCCN2C(c2c(C)c(OC(C)=O)c(C)c3c2OCO3)COC1=O. The molecular weight excluding hydrogens is 761 g/mol. The van der Waals surface area contributed by atoms with Gasteiger partial charge in [0.05, 0.1) is 20.3 Å². The van der Waals surface area contributed by atoms with Gasteiger partial charge in [-0.3, -0.25) is 15.0 Å². The number of nitrogens with zero attached hydrogens (tertiary/aromatic N) is 1. The smallest absolute Gasteiger partial charge is 0.331 e. The van der Waals surface area contributed by atoms with Crippen LogP contribution < -0.4 is 29.0 Å². The highest BCUT2D eigenvalue weighted by Gasteiger charge is 2.48. The molecule has 1 saturated heterocycles. The molecule has 4 aliphatic heterocycles. The van der Waals surface area contributed by atoms with Crippen molar-refractivity contribution in [1.29, 1.82) is 0 Å². The van der Waals surface area contributed by atoms with Gasteiger partial charge >= 0.3 is 11.9 Å². The molecule has 7 rings (SSSR count). The number of unbranched alkanes of at least 4 members (excludes halogenated alkanes) is 3. The summed E-state index contributed by atoms with van der Waals surface area (Å²) in [4.78, 5) is 29.8. The minimum atomic E-state index is -1.15. The summed E-state index contributed by atoms with van der Waals surface area (Å²) in [5, 5.41) is 24.6. The van der Waals surface area contributed by atoms with E-state index >= 15 is 0 Å². The second-order valence-electron chi connectivity index (χ2n) is 16.0. The highest BCUT2D eigenvalue weighted by Crippen LogP contribution is 2.51.